The fourth-order valence-corrected chi connectivity index (χ4v) is 5.73. The molecule has 1 N–H and O–H groups in total. The molecule has 1 atom stereocenters. The number of aromatic nitrogens is 2. The number of likely N-dealkylation sites (tertiary alicyclic amines) is 1. The summed E-state index contributed by atoms with van der Waals surface area (Å²) in [4.78, 5) is 12.3. The van der Waals surface area contributed by atoms with Crippen molar-refractivity contribution in [2.24, 2.45) is 0 Å². The van der Waals surface area contributed by atoms with Gasteiger partial charge in [0, 0.05) is 29.9 Å². The Hall–Kier alpha value is -3.50. The van der Waals surface area contributed by atoms with Crippen molar-refractivity contribution >= 4 is 11.6 Å². The number of nitrogens with zero attached hydrogens (tertiary/aromatic N) is 3. The summed E-state index contributed by atoms with van der Waals surface area (Å²) in [5, 5.41) is 3.44. The molecule has 0 bridgehead atoms. The lowest BCUT2D eigenvalue weighted by Crippen LogP contribution is -2.31. The van der Waals surface area contributed by atoms with Gasteiger partial charge in [-0.15, -0.1) is 0 Å². The van der Waals surface area contributed by atoms with E-state index in [-0.39, 0.29) is 0 Å². The van der Waals surface area contributed by atoms with E-state index in [1.165, 1.54) is 65.7 Å². The molecule has 2 aliphatic rings. The molecule has 36 heavy (non-hydrogen) atoms. The molecule has 182 valence electrons. The number of nitrogens with one attached hydrogen (secondary N) is 1. The molecule has 1 aliphatic carbocycles. The maximum atomic E-state index is 4.99. The average molecular weight is 475 g/mol. The van der Waals surface area contributed by atoms with Crippen molar-refractivity contribution in [1.82, 2.24) is 14.9 Å². The summed E-state index contributed by atoms with van der Waals surface area (Å²) in [7, 11) is 0. The number of anilines is 2. The van der Waals surface area contributed by atoms with Gasteiger partial charge in [-0.1, -0.05) is 72.6 Å². The van der Waals surface area contributed by atoms with Crippen molar-refractivity contribution in [3.63, 3.8) is 0 Å². The van der Waals surface area contributed by atoms with Gasteiger partial charge < -0.3 is 10.2 Å². The van der Waals surface area contributed by atoms with E-state index < -0.39 is 0 Å². The highest BCUT2D eigenvalue weighted by Gasteiger charge is 2.27. The SMILES string of the molecule is Cc1cccc(C2Cc3cnc(Nc4ccc(CCN5CCCCC5)cc4)nc3-c3ccccc32)c1. The number of fused-ring (bicyclic) bond motifs is 3. The Morgan fingerprint density at radius 1 is 0.917 bits per heavy atom. The average Bonchev–Trinajstić information content (AvgIpc) is 2.93. The third-order valence-corrected chi connectivity index (χ3v) is 7.70. The summed E-state index contributed by atoms with van der Waals surface area (Å²) < 4.78 is 0. The van der Waals surface area contributed by atoms with Gasteiger partial charge in [0.25, 0.3) is 0 Å². The number of hydrogen-bond acceptors (Lipinski definition) is 4. The normalized spacial score (nSPS) is 17.3. The molecular formula is C32H34N4. The van der Waals surface area contributed by atoms with Crippen molar-refractivity contribution < 1.29 is 0 Å². The quantitative estimate of drug-likeness (QED) is 0.330. The van der Waals surface area contributed by atoms with Crippen LogP contribution in [-0.2, 0) is 12.8 Å². The third-order valence-electron chi connectivity index (χ3n) is 7.70. The minimum atomic E-state index is 0.327. The molecule has 2 heterocycles. The van der Waals surface area contributed by atoms with Crippen LogP contribution in [-0.4, -0.2) is 34.5 Å². The van der Waals surface area contributed by atoms with Crippen LogP contribution < -0.4 is 5.32 Å². The topological polar surface area (TPSA) is 41.1 Å². The molecule has 0 saturated carbocycles. The molecule has 1 aliphatic heterocycles. The first-order valence-corrected chi connectivity index (χ1v) is 13.3. The smallest absolute Gasteiger partial charge is 0.227 e. The highest BCUT2D eigenvalue weighted by molar-refractivity contribution is 5.73. The molecular weight excluding hydrogens is 440 g/mol. The molecule has 3 aromatic carbocycles. The fourth-order valence-electron chi connectivity index (χ4n) is 5.73. The van der Waals surface area contributed by atoms with Gasteiger partial charge in [0.2, 0.25) is 5.95 Å². The molecule has 1 fully saturated rings. The lowest BCUT2D eigenvalue weighted by atomic mass is 9.77. The second-order valence-electron chi connectivity index (χ2n) is 10.3. The molecule has 1 unspecified atom stereocenters. The molecule has 4 nitrogen and oxygen atoms in total. The first-order valence-electron chi connectivity index (χ1n) is 13.3. The maximum Gasteiger partial charge on any atom is 0.227 e. The number of hydrogen-bond donors (Lipinski definition) is 1. The van der Waals surface area contributed by atoms with E-state index in [2.05, 4.69) is 89.9 Å². The van der Waals surface area contributed by atoms with Gasteiger partial charge in [-0.2, -0.15) is 0 Å². The summed E-state index contributed by atoms with van der Waals surface area (Å²) in [6.07, 6.45) is 8.12. The van der Waals surface area contributed by atoms with Crippen molar-refractivity contribution in [1.29, 1.82) is 0 Å². The maximum absolute atomic E-state index is 4.99. The second kappa shape index (κ2) is 10.2. The molecule has 0 radical (unpaired) electrons. The first kappa shape index (κ1) is 22.9. The monoisotopic (exact) mass is 474 g/mol. The summed E-state index contributed by atoms with van der Waals surface area (Å²) in [6, 6.07) is 26.3. The number of benzene rings is 3. The predicted octanol–water partition coefficient (Wildman–Crippen LogP) is 6.91. The van der Waals surface area contributed by atoms with Crippen LogP contribution >= 0.6 is 0 Å². The Morgan fingerprint density at radius 2 is 1.75 bits per heavy atom. The highest BCUT2D eigenvalue weighted by Crippen LogP contribution is 2.42. The van der Waals surface area contributed by atoms with Crippen LogP contribution in [0.5, 0.6) is 0 Å². The van der Waals surface area contributed by atoms with Gasteiger partial charge in [0.1, 0.15) is 0 Å². The van der Waals surface area contributed by atoms with Crippen LogP contribution in [0.15, 0.2) is 79.0 Å². The van der Waals surface area contributed by atoms with Crippen molar-refractivity contribution in [3.05, 3.63) is 107 Å². The highest BCUT2D eigenvalue weighted by atomic mass is 15.1. The zero-order chi connectivity index (χ0) is 24.3. The standard InChI is InChI=1S/C32H34N4/c1-23-8-7-9-25(20-23)30-21-26-22-33-32(35-31(26)29-11-4-3-10-28(29)30)34-27-14-12-24(13-15-27)16-19-36-17-5-2-6-18-36/h3-4,7-15,20,22,30H,2,5-6,16-19,21H2,1H3,(H,33,34,35). The Kier molecular flexibility index (Phi) is 6.52. The number of piperidine rings is 1. The third kappa shape index (κ3) is 4.91. The molecule has 0 spiro atoms. The molecule has 0 amide bonds. The van der Waals surface area contributed by atoms with E-state index in [0.29, 0.717) is 11.9 Å². The largest absolute Gasteiger partial charge is 0.324 e. The second-order valence-corrected chi connectivity index (χ2v) is 10.3. The van der Waals surface area contributed by atoms with E-state index in [1.807, 2.05) is 6.20 Å². The summed E-state index contributed by atoms with van der Waals surface area (Å²) in [5.74, 6) is 0.979. The van der Waals surface area contributed by atoms with Gasteiger partial charge in [0.05, 0.1) is 5.69 Å². The van der Waals surface area contributed by atoms with E-state index in [1.54, 1.807) is 0 Å². The summed E-state index contributed by atoms with van der Waals surface area (Å²) in [5.41, 5.74) is 9.87. The minimum absolute atomic E-state index is 0.327. The van der Waals surface area contributed by atoms with Gasteiger partial charge in [-0.3, -0.25) is 0 Å². The van der Waals surface area contributed by atoms with Crippen LogP contribution in [0, 0.1) is 6.92 Å². The lowest BCUT2D eigenvalue weighted by molar-refractivity contribution is 0.231. The molecule has 1 saturated heterocycles. The first-order chi connectivity index (χ1) is 17.7. The number of rotatable bonds is 6. The Bertz CT molecular complexity index is 1340. The Morgan fingerprint density at radius 3 is 2.58 bits per heavy atom. The molecule has 1 aromatic heterocycles. The van der Waals surface area contributed by atoms with E-state index in [9.17, 15) is 0 Å². The Balaban J connectivity index is 1.19. The van der Waals surface area contributed by atoms with Crippen LogP contribution in [0.4, 0.5) is 11.6 Å². The Labute approximate surface area is 214 Å². The van der Waals surface area contributed by atoms with Crippen LogP contribution in [0.3, 0.4) is 0 Å². The fraction of sp³-hybridized carbons (Fsp3) is 0.312. The van der Waals surface area contributed by atoms with Crippen LogP contribution in [0.25, 0.3) is 11.3 Å². The van der Waals surface area contributed by atoms with Gasteiger partial charge >= 0.3 is 0 Å². The molecule has 4 aromatic rings. The van der Waals surface area contributed by atoms with Crippen molar-refractivity contribution in [2.75, 3.05) is 25.0 Å². The van der Waals surface area contributed by atoms with Crippen LogP contribution in [0.2, 0.25) is 0 Å². The lowest BCUT2D eigenvalue weighted by Gasteiger charge is -2.27. The summed E-state index contributed by atoms with van der Waals surface area (Å²) in [6.45, 7) is 5.83. The zero-order valence-corrected chi connectivity index (χ0v) is 21.1. The van der Waals surface area contributed by atoms with Gasteiger partial charge in [0.15, 0.2) is 0 Å². The summed E-state index contributed by atoms with van der Waals surface area (Å²) >= 11 is 0. The molecule has 4 heteroatoms. The van der Waals surface area contributed by atoms with E-state index >= 15 is 0 Å². The number of aryl methyl sites for hydroxylation is 1. The molecule has 6 rings (SSSR count). The van der Waals surface area contributed by atoms with E-state index in [0.717, 1.165) is 30.8 Å². The predicted molar refractivity (Wildman–Crippen MR) is 148 cm³/mol. The van der Waals surface area contributed by atoms with Crippen molar-refractivity contribution in [3.8, 4) is 11.3 Å². The van der Waals surface area contributed by atoms with Crippen molar-refractivity contribution in [2.45, 2.75) is 44.9 Å². The van der Waals surface area contributed by atoms with Gasteiger partial charge in [-0.05, 0) is 80.1 Å². The minimum Gasteiger partial charge on any atom is -0.324 e. The van der Waals surface area contributed by atoms with Crippen LogP contribution in [0.1, 0.15) is 53.0 Å². The zero-order valence-electron chi connectivity index (χ0n) is 21.1. The van der Waals surface area contributed by atoms with Gasteiger partial charge in [-0.25, -0.2) is 9.97 Å². The van der Waals surface area contributed by atoms with E-state index in [4.69, 9.17) is 9.97 Å².